The molecular formula is C24H24N2O5. The summed E-state index contributed by atoms with van der Waals surface area (Å²) in [5.41, 5.74) is 3.37. The monoisotopic (exact) mass is 420 g/mol. The van der Waals surface area contributed by atoms with Gasteiger partial charge in [0.2, 0.25) is 5.75 Å². The van der Waals surface area contributed by atoms with Gasteiger partial charge in [-0.3, -0.25) is 5.10 Å². The fraction of sp³-hybridized carbons (Fsp3) is 0.250. The quantitative estimate of drug-likeness (QED) is 0.611. The Morgan fingerprint density at radius 3 is 2.23 bits per heavy atom. The van der Waals surface area contributed by atoms with Crippen LogP contribution in [0.15, 0.2) is 48.5 Å². The third-order valence-electron chi connectivity index (χ3n) is 5.72. The van der Waals surface area contributed by atoms with Crippen molar-refractivity contribution < 1.29 is 23.7 Å². The highest BCUT2D eigenvalue weighted by molar-refractivity contribution is 5.92. The Kier molecular flexibility index (Phi) is 5.42. The number of H-pyrrole nitrogens is 1. The number of aromatic amines is 1. The number of allylic oxidation sites excluding steroid dienone is 1. The minimum absolute atomic E-state index is 0.278. The Balaban J connectivity index is 1.93. The first kappa shape index (κ1) is 20.5. The van der Waals surface area contributed by atoms with Crippen molar-refractivity contribution in [2.24, 2.45) is 0 Å². The van der Waals surface area contributed by atoms with Gasteiger partial charge in [0.1, 0.15) is 0 Å². The minimum Gasteiger partial charge on any atom is -0.493 e. The molecule has 0 saturated carbocycles. The van der Waals surface area contributed by atoms with Crippen molar-refractivity contribution >= 4 is 12.0 Å². The van der Waals surface area contributed by atoms with E-state index in [1.165, 1.54) is 7.11 Å². The van der Waals surface area contributed by atoms with Crippen LogP contribution in [0.2, 0.25) is 0 Å². The van der Waals surface area contributed by atoms with Crippen LogP contribution in [0.4, 0.5) is 0 Å². The summed E-state index contributed by atoms with van der Waals surface area (Å²) in [6.45, 7) is 0. The van der Waals surface area contributed by atoms with Gasteiger partial charge in [-0.2, -0.15) is 5.10 Å². The number of carbonyl (C=O) groups is 1. The lowest BCUT2D eigenvalue weighted by Gasteiger charge is -2.35. The summed E-state index contributed by atoms with van der Waals surface area (Å²) in [7, 11) is 6.13. The first-order valence-electron chi connectivity index (χ1n) is 9.78. The second-order valence-electron chi connectivity index (χ2n) is 7.22. The number of aromatic nitrogens is 2. The molecule has 160 valence electrons. The first-order valence-corrected chi connectivity index (χ1v) is 9.78. The molecule has 1 aromatic heterocycles. The van der Waals surface area contributed by atoms with E-state index in [1.54, 1.807) is 21.3 Å². The number of rotatable bonds is 6. The summed E-state index contributed by atoms with van der Waals surface area (Å²) < 4.78 is 21.6. The van der Waals surface area contributed by atoms with E-state index in [1.807, 2.05) is 36.4 Å². The molecule has 0 amide bonds. The van der Waals surface area contributed by atoms with Gasteiger partial charge in [-0.25, -0.2) is 4.79 Å². The van der Waals surface area contributed by atoms with Crippen molar-refractivity contribution in [3.8, 4) is 17.2 Å². The van der Waals surface area contributed by atoms with Crippen molar-refractivity contribution in [3.05, 3.63) is 76.6 Å². The molecule has 1 aliphatic rings. The number of hydrogen-bond donors (Lipinski definition) is 1. The lowest BCUT2D eigenvalue weighted by atomic mass is 9.68. The molecule has 1 N–H and O–H groups in total. The molecule has 2 aromatic carbocycles. The Morgan fingerprint density at radius 2 is 1.65 bits per heavy atom. The van der Waals surface area contributed by atoms with E-state index in [-0.39, 0.29) is 5.69 Å². The van der Waals surface area contributed by atoms with Gasteiger partial charge in [0.05, 0.1) is 28.4 Å². The normalized spacial score (nSPS) is 17.0. The van der Waals surface area contributed by atoms with Crippen LogP contribution in [-0.2, 0) is 16.6 Å². The van der Waals surface area contributed by atoms with E-state index in [0.29, 0.717) is 23.7 Å². The maximum atomic E-state index is 12.1. The molecule has 1 atom stereocenters. The lowest BCUT2D eigenvalue weighted by molar-refractivity contribution is 0.0593. The molecule has 3 aromatic rings. The number of fused-ring (bicyclic) bond motifs is 1. The van der Waals surface area contributed by atoms with E-state index in [9.17, 15) is 4.79 Å². The zero-order chi connectivity index (χ0) is 22.0. The van der Waals surface area contributed by atoms with Crippen LogP contribution >= 0.6 is 0 Å². The number of carbonyl (C=O) groups excluding carboxylic acids is 1. The van der Waals surface area contributed by atoms with E-state index >= 15 is 0 Å². The number of benzene rings is 2. The molecule has 0 radical (unpaired) electrons. The maximum Gasteiger partial charge on any atom is 0.359 e. The topological polar surface area (TPSA) is 82.7 Å². The SMILES string of the molecule is COC(=O)c1n[nH]c2c1C=CC(c1ccccc1)(c1cc(OC)c(OC)c(OC)c1)C2. The fourth-order valence-electron chi connectivity index (χ4n) is 4.15. The second kappa shape index (κ2) is 8.18. The predicted octanol–water partition coefficient (Wildman–Crippen LogP) is 3.78. The van der Waals surface area contributed by atoms with Crippen LogP contribution in [0.1, 0.15) is 32.9 Å². The molecule has 0 fully saturated rings. The molecule has 1 unspecified atom stereocenters. The molecule has 0 saturated heterocycles. The van der Waals surface area contributed by atoms with E-state index < -0.39 is 11.4 Å². The molecule has 31 heavy (non-hydrogen) atoms. The minimum atomic E-state index is -0.541. The summed E-state index contributed by atoms with van der Waals surface area (Å²) in [6, 6.07) is 14.1. The molecular weight excluding hydrogens is 396 g/mol. The van der Waals surface area contributed by atoms with Gasteiger partial charge >= 0.3 is 5.97 Å². The summed E-state index contributed by atoms with van der Waals surface area (Å²) in [5, 5.41) is 7.22. The van der Waals surface area contributed by atoms with Crippen molar-refractivity contribution in [1.82, 2.24) is 10.2 Å². The molecule has 7 heteroatoms. The van der Waals surface area contributed by atoms with Gasteiger partial charge in [0, 0.05) is 23.1 Å². The Morgan fingerprint density at radius 1 is 0.968 bits per heavy atom. The van der Waals surface area contributed by atoms with Gasteiger partial charge in [-0.15, -0.1) is 0 Å². The predicted molar refractivity (Wildman–Crippen MR) is 116 cm³/mol. The van der Waals surface area contributed by atoms with Crippen LogP contribution in [-0.4, -0.2) is 44.6 Å². The molecule has 0 aliphatic heterocycles. The van der Waals surface area contributed by atoms with Crippen molar-refractivity contribution in [3.63, 3.8) is 0 Å². The second-order valence-corrected chi connectivity index (χ2v) is 7.22. The van der Waals surface area contributed by atoms with Crippen LogP contribution in [0, 0.1) is 0 Å². The summed E-state index contributed by atoms with van der Waals surface area (Å²) in [6.07, 6.45) is 4.57. The largest absolute Gasteiger partial charge is 0.493 e. The maximum absolute atomic E-state index is 12.1. The first-order chi connectivity index (χ1) is 15.1. The number of esters is 1. The zero-order valence-electron chi connectivity index (χ0n) is 17.9. The van der Waals surface area contributed by atoms with Crippen LogP contribution in [0.3, 0.4) is 0 Å². The smallest absolute Gasteiger partial charge is 0.359 e. The molecule has 7 nitrogen and oxygen atoms in total. The van der Waals surface area contributed by atoms with E-state index in [4.69, 9.17) is 18.9 Å². The zero-order valence-corrected chi connectivity index (χ0v) is 17.9. The van der Waals surface area contributed by atoms with Gasteiger partial charge in [0.15, 0.2) is 17.2 Å². The molecule has 1 aliphatic carbocycles. The average Bonchev–Trinajstić information content (AvgIpc) is 3.25. The highest BCUT2D eigenvalue weighted by Gasteiger charge is 2.38. The van der Waals surface area contributed by atoms with Crippen molar-refractivity contribution in [1.29, 1.82) is 0 Å². The van der Waals surface area contributed by atoms with Gasteiger partial charge in [-0.05, 0) is 23.3 Å². The standard InChI is InChI=1S/C24H24N2O5/c1-28-19-12-16(13-20(29-2)22(19)30-3)24(15-8-6-5-7-9-15)11-10-17-18(14-24)25-26-21(17)23(27)31-4/h5-13H,14H2,1-4H3,(H,25,26). The van der Waals surface area contributed by atoms with E-state index in [2.05, 4.69) is 28.4 Å². The fourth-order valence-corrected chi connectivity index (χ4v) is 4.15. The molecule has 4 rings (SSSR count). The lowest BCUT2D eigenvalue weighted by Crippen LogP contribution is -2.31. The third-order valence-corrected chi connectivity index (χ3v) is 5.72. The Hall–Kier alpha value is -3.74. The average molecular weight is 420 g/mol. The van der Waals surface area contributed by atoms with Crippen LogP contribution in [0.25, 0.3) is 6.08 Å². The van der Waals surface area contributed by atoms with Crippen LogP contribution in [0.5, 0.6) is 17.2 Å². The summed E-state index contributed by atoms with van der Waals surface area (Å²) in [5.74, 6) is 1.21. The number of ether oxygens (including phenoxy) is 4. The van der Waals surface area contributed by atoms with Gasteiger partial charge < -0.3 is 18.9 Å². The Bertz CT molecular complexity index is 1110. The summed E-state index contributed by atoms with van der Waals surface area (Å²) in [4.78, 5) is 12.1. The third kappa shape index (κ3) is 3.32. The van der Waals surface area contributed by atoms with Crippen LogP contribution < -0.4 is 14.2 Å². The number of nitrogens with zero attached hydrogens (tertiary/aromatic N) is 1. The van der Waals surface area contributed by atoms with E-state index in [0.717, 1.165) is 22.4 Å². The highest BCUT2D eigenvalue weighted by atomic mass is 16.5. The van der Waals surface area contributed by atoms with Crippen molar-refractivity contribution in [2.45, 2.75) is 11.8 Å². The van der Waals surface area contributed by atoms with Gasteiger partial charge in [-0.1, -0.05) is 42.5 Å². The molecule has 1 heterocycles. The Labute approximate surface area is 180 Å². The molecule has 0 bridgehead atoms. The number of hydrogen-bond acceptors (Lipinski definition) is 6. The highest BCUT2D eigenvalue weighted by Crippen LogP contribution is 2.47. The van der Waals surface area contributed by atoms with Gasteiger partial charge in [0.25, 0.3) is 0 Å². The number of methoxy groups -OCH3 is 4. The number of nitrogens with one attached hydrogen (secondary N) is 1. The van der Waals surface area contributed by atoms with Crippen molar-refractivity contribution in [2.75, 3.05) is 28.4 Å². The summed E-state index contributed by atoms with van der Waals surface area (Å²) >= 11 is 0. The molecule has 0 spiro atoms.